The summed E-state index contributed by atoms with van der Waals surface area (Å²) in [5.74, 6) is 1.71. The first-order chi connectivity index (χ1) is 10.1. The predicted molar refractivity (Wildman–Crippen MR) is 81.5 cm³/mol. The maximum atomic E-state index is 14.1. The van der Waals surface area contributed by atoms with Crippen LogP contribution in [0.5, 0.6) is 0 Å². The van der Waals surface area contributed by atoms with Gasteiger partial charge in [0.1, 0.15) is 11.6 Å². The van der Waals surface area contributed by atoms with Crippen molar-refractivity contribution >= 4 is 11.8 Å². The van der Waals surface area contributed by atoms with Crippen LogP contribution in [0.25, 0.3) is 0 Å². The molecule has 0 amide bonds. The zero-order chi connectivity index (χ0) is 14.9. The highest BCUT2D eigenvalue weighted by atomic mass is 32.2. The second kappa shape index (κ2) is 6.23. The minimum Gasteiger partial charge on any atom is -0.374 e. The Labute approximate surface area is 128 Å². The van der Waals surface area contributed by atoms with Crippen LogP contribution in [-0.4, -0.2) is 30.8 Å². The molecule has 1 aromatic carbocycles. The van der Waals surface area contributed by atoms with Gasteiger partial charge in [-0.05, 0) is 56.2 Å². The molecule has 21 heavy (non-hydrogen) atoms. The summed E-state index contributed by atoms with van der Waals surface area (Å²) in [5.41, 5.74) is 0.386. The molecule has 1 aromatic rings. The van der Waals surface area contributed by atoms with Gasteiger partial charge in [-0.15, -0.1) is 0 Å². The maximum Gasteiger partial charge on any atom is 0.128 e. The SMILES string of the molecule is CNC(c1cc(F)ccc1F)C1CCOC2(CCSC2)C1. The van der Waals surface area contributed by atoms with Crippen molar-refractivity contribution < 1.29 is 13.5 Å². The summed E-state index contributed by atoms with van der Waals surface area (Å²) >= 11 is 1.92. The van der Waals surface area contributed by atoms with E-state index in [1.807, 2.05) is 18.8 Å². The van der Waals surface area contributed by atoms with Crippen molar-refractivity contribution in [3.8, 4) is 0 Å². The molecule has 2 heterocycles. The van der Waals surface area contributed by atoms with Gasteiger partial charge in [-0.2, -0.15) is 11.8 Å². The fourth-order valence-electron chi connectivity index (χ4n) is 3.61. The van der Waals surface area contributed by atoms with Gasteiger partial charge >= 0.3 is 0 Å². The first kappa shape index (κ1) is 15.3. The fourth-order valence-corrected chi connectivity index (χ4v) is 4.99. The third-order valence-electron chi connectivity index (χ3n) is 4.67. The van der Waals surface area contributed by atoms with Crippen LogP contribution in [0.15, 0.2) is 18.2 Å². The van der Waals surface area contributed by atoms with E-state index >= 15 is 0 Å². The van der Waals surface area contributed by atoms with Crippen molar-refractivity contribution in [2.75, 3.05) is 25.2 Å². The van der Waals surface area contributed by atoms with Gasteiger partial charge in [0.15, 0.2) is 0 Å². The number of rotatable bonds is 3. The highest BCUT2D eigenvalue weighted by Crippen LogP contribution is 2.44. The van der Waals surface area contributed by atoms with E-state index < -0.39 is 0 Å². The lowest BCUT2D eigenvalue weighted by Gasteiger charge is -2.41. The summed E-state index contributed by atoms with van der Waals surface area (Å²) in [6, 6.07) is 3.55. The molecule has 1 N–H and O–H groups in total. The van der Waals surface area contributed by atoms with E-state index in [1.54, 1.807) is 0 Å². The molecule has 3 atom stereocenters. The van der Waals surface area contributed by atoms with Crippen LogP contribution in [0, 0.1) is 17.6 Å². The summed E-state index contributed by atoms with van der Waals surface area (Å²) in [7, 11) is 1.82. The first-order valence-electron chi connectivity index (χ1n) is 7.47. The van der Waals surface area contributed by atoms with Crippen molar-refractivity contribution in [2.45, 2.75) is 30.9 Å². The minimum atomic E-state index is -0.384. The molecule has 5 heteroatoms. The van der Waals surface area contributed by atoms with Gasteiger partial charge in [-0.25, -0.2) is 8.78 Å². The van der Waals surface area contributed by atoms with Crippen LogP contribution < -0.4 is 5.32 Å². The number of thioether (sulfide) groups is 1. The quantitative estimate of drug-likeness (QED) is 0.922. The van der Waals surface area contributed by atoms with E-state index in [-0.39, 0.29) is 29.2 Å². The minimum absolute atomic E-state index is 0.0491. The molecule has 2 saturated heterocycles. The molecule has 0 bridgehead atoms. The average molecular weight is 313 g/mol. The highest BCUT2D eigenvalue weighted by Gasteiger charge is 2.42. The summed E-state index contributed by atoms with van der Waals surface area (Å²) in [6.07, 6.45) is 2.87. The Morgan fingerprint density at radius 2 is 2.29 bits per heavy atom. The molecule has 2 aliphatic rings. The van der Waals surface area contributed by atoms with E-state index in [2.05, 4.69) is 5.32 Å². The van der Waals surface area contributed by atoms with Crippen molar-refractivity contribution in [1.82, 2.24) is 5.32 Å². The Hall–Kier alpha value is -0.650. The van der Waals surface area contributed by atoms with Crippen LogP contribution in [-0.2, 0) is 4.74 Å². The first-order valence-corrected chi connectivity index (χ1v) is 8.63. The lowest BCUT2D eigenvalue weighted by atomic mass is 9.79. The average Bonchev–Trinajstić information content (AvgIpc) is 2.91. The highest BCUT2D eigenvalue weighted by molar-refractivity contribution is 7.99. The van der Waals surface area contributed by atoms with Gasteiger partial charge in [0, 0.05) is 24.0 Å². The summed E-state index contributed by atoms with van der Waals surface area (Å²) in [4.78, 5) is 0. The van der Waals surface area contributed by atoms with Crippen LogP contribution >= 0.6 is 11.8 Å². The maximum absolute atomic E-state index is 14.1. The molecule has 2 aliphatic heterocycles. The lowest BCUT2D eigenvalue weighted by Crippen LogP contribution is -2.43. The topological polar surface area (TPSA) is 21.3 Å². The third kappa shape index (κ3) is 3.10. The molecule has 116 valence electrons. The molecule has 1 spiro atoms. The zero-order valence-corrected chi connectivity index (χ0v) is 13.0. The summed E-state index contributed by atoms with van der Waals surface area (Å²) in [6.45, 7) is 0.709. The number of halogens is 2. The van der Waals surface area contributed by atoms with Gasteiger partial charge < -0.3 is 10.1 Å². The summed E-state index contributed by atoms with van der Waals surface area (Å²) < 4.78 is 33.6. The number of hydrogen-bond donors (Lipinski definition) is 1. The number of nitrogens with one attached hydrogen (secondary N) is 1. The smallest absolute Gasteiger partial charge is 0.128 e. The van der Waals surface area contributed by atoms with Gasteiger partial charge in [-0.3, -0.25) is 0 Å². The molecule has 0 aromatic heterocycles. The van der Waals surface area contributed by atoms with Gasteiger partial charge in [0.05, 0.1) is 5.60 Å². The molecule has 0 saturated carbocycles. The third-order valence-corrected chi connectivity index (χ3v) is 5.90. The Balaban J connectivity index is 1.84. The Bertz CT molecular complexity index is 505. The van der Waals surface area contributed by atoms with Crippen LogP contribution in [0.3, 0.4) is 0 Å². The molecule has 2 nitrogen and oxygen atoms in total. The van der Waals surface area contributed by atoms with Crippen molar-refractivity contribution in [2.24, 2.45) is 5.92 Å². The van der Waals surface area contributed by atoms with E-state index in [9.17, 15) is 8.78 Å². The Morgan fingerprint density at radius 3 is 3.00 bits per heavy atom. The lowest BCUT2D eigenvalue weighted by molar-refractivity contribution is -0.0852. The van der Waals surface area contributed by atoms with Crippen LogP contribution in [0.2, 0.25) is 0 Å². The largest absolute Gasteiger partial charge is 0.374 e. The Kier molecular flexibility index (Phi) is 4.52. The number of ether oxygens (including phenoxy) is 1. The van der Waals surface area contributed by atoms with Crippen molar-refractivity contribution in [3.05, 3.63) is 35.4 Å². The molecular weight excluding hydrogens is 292 g/mol. The van der Waals surface area contributed by atoms with Crippen LogP contribution in [0.1, 0.15) is 30.9 Å². The van der Waals surface area contributed by atoms with E-state index in [1.165, 1.54) is 18.2 Å². The standard InChI is InChI=1S/C16H21F2NOS/c1-19-15(13-8-12(17)2-3-14(13)18)11-4-6-20-16(9-11)5-7-21-10-16/h2-3,8,11,15,19H,4-7,9-10H2,1H3. The zero-order valence-electron chi connectivity index (χ0n) is 12.2. The van der Waals surface area contributed by atoms with Gasteiger partial charge in [-0.1, -0.05) is 0 Å². The Morgan fingerprint density at radius 1 is 1.43 bits per heavy atom. The van der Waals surface area contributed by atoms with E-state index in [0.717, 1.165) is 30.8 Å². The van der Waals surface area contributed by atoms with Crippen molar-refractivity contribution in [1.29, 1.82) is 0 Å². The molecule has 3 rings (SSSR count). The van der Waals surface area contributed by atoms with Gasteiger partial charge in [0.2, 0.25) is 0 Å². The van der Waals surface area contributed by atoms with Crippen LogP contribution in [0.4, 0.5) is 8.78 Å². The predicted octanol–water partition coefficient (Wildman–Crippen LogP) is 3.53. The molecular formula is C16H21F2NOS. The van der Waals surface area contributed by atoms with Crippen molar-refractivity contribution in [3.63, 3.8) is 0 Å². The molecule has 0 aliphatic carbocycles. The van der Waals surface area contributed by atoms with E-state index in [0.29, 0.717) is 12.2 Å². The second-order valence-electron chi connectivity index (χ2n) is 6.02. The van der Waals surface area contributed by atoms with E-state index in [4.69, 9.17) is 4.74 Å². The molecule has 2 fully saturated rings. The fraction of sp³-hybridized carbons (Fsp3) is 0.625. The number of benzene rings is 1. The number of hydrogen-bond acceptors (Lipinski definition) is 3. The normalized spacial score (nSPS) is 30.7. The van der Waals surface area contributed by atoms with Gasteiger partial charge in [0.25, 0.3) is 0 Å². The molecule has 0 radical (unpaired) electrons. The molecule has 3 unspecified atom stereocenters. The summed E-state index contributed by atoms with van der Waals surface area (Å²) in [5, 5.41) is 3.19. The monoisotopic (exact) mass is 313 g/mol. The second-order valence-corrected chi connectivity index (χ2v) is 7.12.